The fraction of sp³-hybridized carbons (Fsp3) is 0.533. The van der Waals surface area contributed by atoms with E-state index in [4.69, 9.17) is 0 Å². The smallest absolute Gasteiger partial charge is 0.416 e. The third-order valence-corrected chi connectivity index (χ3v) is 3.63. The predicted molar refractivity (Wildman–Crippen MR) is 71.4 cm³/mol. The lowest BCUT2D eigenvalue weighted by Crippen LogP contribution is -2.33. The van der Waals surface area contributed by atoms with E-state index in [1.54, 1.807) is 6.07 Å². The van der Waals surface area contributed by atoms with Crippen molar-refractivity contribution in [2.45, 2.75) is 38.0 Å². The van der Waals surface area contributed by atoms with Gasteiger partial charge in [0.25, 0.3) is 0 Å². The Morgan fingerprint density at radius 2 is 2.14 bits per heavy atom. The number of esters is 1. The number of methoxy groups -OCH3 is 1. The molecule has 1 N–H and O–H groups in total. The molecular formula is C15H18F3NO2. The second-order valence-electron chi connectivity index (χ2n) is 5.30. The molecule has 1 aliphatic carbocycles. The number of halogens is 3. The maximum absolute atomic E-state index is 12.6. The number of ether oxygens (including phenoxy) is 1. The molecule has 0 spiro atoms. The molecule has 1 aromatic carbocycles. The molecule has 1 fully saturated rings. The van der Waals surface area contributed by atoms with Gasteiger partial charge in [-0.3, -0.25) is 4.79 Å². The second-order valence-corrected chi connectivity index (χ2v) is 5.30. The molecule has 116 valence electrons. The SMILES string of the molecule is COC(=O)CC(NCc1cccc(C(F)(F)F)c1)C1CC1. The Bertz CT molecular complexity index is 498. The summed E-state index contributed by atoms with van der Waals surface area (Å²) in [5, 5.41) is 3.17. The fourth-order valence-electron chi connectivity index (χ4n) is 2.27. The lowest BCUT2D eigenvalue weighted by molar-refractivity contribution is -0.141. The van der Waals surface area contributed by atoms with Crippen molar-refractivity contribution in [1.29, 1.82) is 0 Å². The molecule has 3 nitrogen and oxygen atoms in total. The van der Waals surface area contributed by atoms with Gasteiger partial charge in [-0.05, 0) is 30.4 Å². The summed E-state index contributed by atoms with van der Waals surface area (Å²) in [6, 6.07) is 5.19. The van der Waals surface area contributed by atoms with Crippen molar-refractivity contribution >= 4 is 5.97 Å². The monoisotopic (exact) mass is 301 g/mol. The van der Waals surface area contributed by atoms with Crippen LogP contribution in [-0.2, 0) is 22.3 Å². The van der Waals surface area contributed by atoms with Crippen molar-refractivity contribution in [3.05, 3.63) is 35.4 Å². The molecule has 6 heteroatoms. The van der Waals surface area contributed by atoms with Crippen molar-refractivity contribution in [3.63, 3.8) is 0 Å². The van der Waals surface area contributed by atoms with Crippen molar-refractivity contribution in [2.75, 3.05) is 7.11 Å². The first-order valence-electron chi connectivity index (χ1n) is 6.86. The number of rotatable bonds is 6. The van der Waals surface area contributed by atoms with Crippen LogP contribution in [0.5, 0.6) is 0 Å². The molecule has 1 saturated carbocycles. The molecule has 0 amide bonds. The zero-order valence-electron chi connectivity index (χ0n) is 11.7. The van der Waals surface area contributed by atoms with E-state index in [1.165, 1.54) is 13.2 Å². The predicted octanol–water partition coefficient (Wildman–Crippen LogP) is 3.14. The zero-order valence-corrected chi connectivity index (χ0v) is 11.7. The van der Waals surface area contributed by atoms with Gasteiger partial charge in [-0.25, -0.2) is 0 Å². The van der Waals surface area contributed by atoms with Crippen LogP contribution in [0.15, 0.2) is 24.3 Å². The lowest BCUT2D eigenvalue weighted by Gasteiger charge is -2.17. The van der Waals surface area contributed by atoms with Crippen LogP contribution in [-0.4, -0.2) is 19.1 Å². The summed E-state index contributed by atoms with van der Waals surface area (Å²) < 4.78 is 42.6. The van der Waals surface area contributed by atoms with Crippen LogP contribution in [0.25, 0.3) is 0 Å². The van der Waals surface area contributed by atoms with E-state index >= 15 is 0 Å². The van der Waals surface area contributed by atoms with Gasteiger partial charge in [0, 0.05) is 12.6 Å². The van der Waals surface area contributed by atoms with Gasteiger partial charge in [0.15, 0.2) is 0 Å². The topological polar surface area (TPSA) is 38.3 Å². The van der Waals surface area contributed by atoms with E-state index in [-0.39, 0.29) is 18.4 Å². The number of carbonyl (C=O) groups excluding carboxylic acids is 1. The van der Waals surface area contributed by atoms with Crippen molar-refractivity contribution in [2.24, 2.45) is 5.92 Å². The summed E-state index contributed by atoms with van der Waals surface area (Å²) in [7, 11) is 1.33. The van der Waals surface area contributed by atoms with Crippen LogP contribution >= 0.6 is 0 Å². The Balaban J connectivity index is 1.96. The maximum Gasteiger partial charge on any atom is 0.416 e. The van der Waals surface area contributed by atoms with E-state index in [9.17, 15) is 18.0 Å². The van der Waals surface area contributed by atoms with Crippen LogP contribution < -0.4 is 5.32 Å². The van der Waals surface area contributed by atoms with E-state index in [1.807, 2.05) is 0 Å². The Hall–Kier alpha value is -1.56. The first-order chi connectivity index (χ1) is 9.90. The largest absolute Gasteiger partial charge is 0.469 e. The zero-order chi connectivity index (χ0) is 15.5. The summed E-state index contributed by atoms with van der Waals surface area (Å²) in [5.74, 6) is 0.110. The van der Waals surface area contributed by atoms with E-state index in [0.29, 0.717) is 18.0 Å². The highest BCUT2D eigenvalue weighted by molar-refractivity contribution is 5.70. The Kier molecular flexibility index (Phi) is 4.88. The molecule has 1 atom stereocenters. The maximum atomic E-state index is 12.6. The van der Waals surface area contributed by atoms with Gasteiger partial charge in [-0.15, -0.1) is 0 Å². The first-order valence-corrected chi connectivity index (χ1v) is 6.86. The number of hydrogen-bond acceptors (Lipinski definition) is 3. The van der Waals surface area contributed by atoms with Crippen LogP contribution in [0.1, 0.15) is 30.4 Å². The number of carbonyl (C=O) groups is 1. The normalized spacial score (nSPS) is 16.6. The molecule has 2 rings (SSSR count). The number of benzene rings is 1. The minimum Gasteiger partial charge on any atom is -0.469 e. The number of hydrogen-bond donors (Lipinski definition) is 1. The van der Waals surface area contributed by atoms with Crippen LogP contribution in [0, 0.1) is 5.92 Å². The molecule has 1 aromatic rings. The molecule has 0 aliphatic heterocycles. The van der Waals surface area contributed by atoms with Gasteiger partial charge in [-0.2, -0.15) is 13.2 Å². The Morgan fingerprint density at radius 1 is 1.43 bits per heavy atom. The average Bonchev–Trinajstić information content (AvgIpc) is 3.27. The molecule has 1 unspecified atom stereocenters. The van der Waals surface area contributed by atoms with Crippen LogP contribution in [0.2, 0.25) is 0 Å². The summed E-state index contributed by atoms with van der Waals surface area (Å²) in [4.78, 5) is 11.3. The van der Waals surface area contributed by atoms with Crippen molar-refractivity contribution < 1.29 is 22.7 Å². The third kappa shape index (κ3) is 4.74. The van der Waals surface area contributed by atoms with Gasteiger partial charge in [0.1, 0.15) is 0 Å². The van der Waals surface area contributed by atoms with Gasteiger partial charge >= 0.3 is 12.1 Å². The highest BCUT2D eigenvalue weighted by Crippen LogP contribution is 2.34. The molecular weight excluding hydrogens is 283 g/mol. The molecule has 0 radical (unpaired) electrons. The first kappa shape index (κ1) is 15.8. The second kappa shape index (κ2) is 6.47. The highest BCUT2D eigenvalue weighted by atomic mass is 19.4. The Morgan fingerprint density at radius 3 is 2.71 bits per heavy atom. The molecule has 0 heterocycles. The van der Waals surface area contributed by atoms with E-state index in [2.05, 4.69) is 10.1 Å². The van der Waals surface area contributed by atoms with E-state index in [0.717, 1.165) is 25.0 Å². The van der Waals surface area contributed by atoms with Crippen molar-refractivity contribution in [1.82, 2.24) is 5.32 Å². The lowest BCUT2D eigenvalue weighted by atomic mass is 10.1. The third-order valence-electron chi connectivity index (χ3n) is 3.63. The molecule has 0 saturated heterocycles. The van der Waals surface area contributed by atoms with E-state index < -0.39 is 11.7 Å². The minimum atomic E-state index is -4.34. The average molecular weight is 301 g/mol. The number of alkyl halides is 3. The van der Waals surface area contributed by atoms with Crippen molar-refractivity contribution in [3.8, 4) is 0 Å². The summed E-state index contributed by atoms with van der Waals surface area (Å²) in [6.45, 7) is 0.308. The fourth-order valence-corrected chi connectivity index (χ4v) is 2.27. The summed E-state index contributed by atoms with van der Waals surface area (Å²) >= 11 is 0. The van der Waals surface area contributed by atoms with Crippen LogP contribution in [0.3, 0.4) is 0 Å². The molecule has 1 aliphatic rings. The van der Waals surface area contributed by atoms with Crippen LogP contribution in [0.4, 0.5) is 13.2 Å². The van der Waals surface area contributed by atoms with Gasteiger partial charge < -0.3 is 10.1 Å². The molecule has 0 aromatic heterocycles. The number of nitrogens with one attached hydrogen (secondary N) is 1. The summed E-state index contributed by atoms with van der Waals surface area (Å²) in [6.07, 6.45) is -2.01. The molecule has 21 heavy (non-hydrogen) atoms. The standard InChI is InChI=1S/C15H18F3NO2/c1-21-14(20)8-13(11-5-6-11)19-9-10-3-2-4-12(7-10)15(16,17)18/h2-4,7,11,13,19H,5-6,8-9H2,1H3. The quantitative estimate of drug-likeness (QED) is 0.820. The molecule has 0 bridgehead atoms. The van der Waals surface area contributed by atoms with Gasteiger partial charge in [-0.1, -0.05) is 18.2 Å². The summed E-state index contributed by atoms with van der Waals surface area (Å²) in [5.41, 5.74) is -0.0990. The van der Waals surface area contributed by atoms with Gasteiger partial charge in [0.2, 0.25) is 0 Å². The Labute approximate surface area is 121 Å². The van der Waals surface area contributed by atoms with Gasteiger partial charge in [0.05, 0.1) is 19.1 Å². The highest BCUT2D eigenvalue weighted by Gasteiger charge is 2.33. The minimum absolute atomic E-state index is 0.0352.